The van der Waals surface area contributed by atoms with Gasteiger partial charge >= 0.3 is 11.9 Å². The highest BCUT2D eigenvalue weighted by molar-refractivity contribution is 8.00. The standard InChI is InChI=1S/C61H58ClN5O13S2/c1-73-30-32-75-38-77-48-29-28-42(34-49(48)78-39-76-33-31-74-2)54(59(72)79-53(40-18-8-3-9-19-40)41-20-10-4-11-21-41)80-66-50(55(68)64-51-56(69)67-52(58(70)71)43(35-62)36-81-57(51)67)47-37-82-60(63-47)65-61(44-22-12-5-13-23-44,45-24-14-6-15-25-45)46-26-16-7-17-27-46/h3-29,34,37,51,53-54,57H,30-33,35-36,38-39H2,1-2H3,(H,63,65)(H,64,68)(H,70,71)/t51-,54?,57+/m1/s1. The maximum atomic E-state index is 15.2. The quantitative estimate of drug-likeness (QED) is 0.00582. The Labute approximate surface area is 486 Å². The van der Waals surface area contributed by atoms with Crippen LogP contribution in [0.25, 0.3) is 0 Å². The summed E-state index contributed by atoms with van der Waals surface area (Å²) in [5.41, 5.74) is 2.77. The zero-order chi connectivity index (χ0) is 57.3. The summed E-state index contributed by atoms with van der Waals surface area (Å²) in [6, 6.07) is 51.3. The lowest BCUT2D eigenvalue weighted by atomic mass is 9.77. The fourth-order valence-corrected chi connectivity index (χ4v) is 11.7. The van der Waals surface area contributed by atoms with E-state index in [4.69, 9.17) is 54.6 Å². The number of halogens is 1. The SMILES string of the molecule is COCCOCOc1ccc(C(ON=C(C(=O)N[C@@H]2C(=O)N3C(C(=O)O)=C(CCl)CS[C@@H]23)c2csc(NC(c3ccccc3)(c3ccccc3)c3ccccc3)n2)C(=O)OC(c2ccccc2)c2ccccc2)cc1OCOCCOC. The van der Waals surface area contributed by atoms with Crippen molar-refractivity contribution in [1.82, 2.24) is 15.2 Å². The zero-order valence-corrected chi connectivity index (χ0v) is 47.0. The number of anilines is 1. The highest BCUT2D eigenvalue weighted by atomic mass is 35.5. The third-order valence-electron chi connectivity index (χ3n) is 13.2. The van der Waals surface area contributed by atoms with E-state index in [0.29, 0.717) is 35.0 Å². The number of fused-ring (bicyclic) bond motifs is 1. The Bertz CT molecular complexity index is 3190. The number of rotatable bonds is 29. The molecule has 6 aromatic carbocycles. The molecule has 3 heterocycles. The van der Waals surface area contributed by atoms with Crippen LogP contribution in [0.1, 0.15) is 51.3 Å². The van der Waals surface area contributed by atoms with E-state index in [9.17, 15) is 14.7 Å². The Balaban J connectivity index is 1.14. The Morgan fingerprint density at radius 2 is 1.27 bits per heavy atom. The highest BCUT2D eigenvalue weighted by Crippen LogP contribution is 2.43. The monoisotopic (exact) mass is 1170 g/mol. The van der Waals surface area contributed by atoms with Gasteiger partial charge in [-0.2, -0.15) is 0 Å². The van der Waals surface area contributed by atoms with E-state index >= 15 is 9.59 Å². The van der Waals surface area contributed by atoms with Crippen LogP contribution >= 0.6 is 34.7 Å². The van der Waals surface area contributed by atoms with Crippen molar-refractivity contribution >= 4 is 69.3 Å². The molecule has 2 aliphatic rings. The third-order valence-corrected chi connectivity index (χ3v) is 15.6. The number of carboxylic acids is 1. The molecule has 21 heteroatoms. The Kier molecular flexibility index (Phi) is 20.4. The fraction of sp³-hybridized carbons (Fsp3) is 0.246. The maximum Gasteiger partial charge on any atom is 0.355 e. The van der Waals surface area contributed by atoms with E-state index in [1.54, 1.807) is 31.7 Å². The second-order valence-electron chi connectivity index (χ2n) is 18.4. The van der Waals surface area contributed by atoms with Crippen LogP contribution in [-0.2, 0) is 53.2 Å². The van der Waals surface area contributed by atoms with Gasteiger partial charge in [0.2, 0.25) is 6.10 Å². The van der Waals surface area contributed by atoms with Gasteiger partial charge in [-0.25, -0.2) is 14.6 Å². The summed E-state index contributed by atoms with van der Waals surface area (Å²) in [4.78, 5) is 69.2. The second-order valence-corrected chi connectivity index (χ2v) is 20.6. The summed E-state index contributed by atoms with van der Waals surface area (Å²) < 4.78 is 39.9. The first-order valence-electron chi connectivity index (χ1n) is 25.9. The van der Waals surface area contributed by atoms with Crippen molar-refractivity contribution in [3.05, 3.63) is 226 Å². The van der Waals surface area contributed by atoms with E-state index in [0.717, 1.165) is 21.6 Å². The first kappa shape index (κ1) is 58.6. The maximum absolute atomic E-state index is 15.2. The molecule has 424 valence electrons. The van der Waals surface area contributed by atoms with Crippen LogP contribution in [0.2, 0.25) is 0 Å². The average molecular weight is 1170 g/mol. The molecular weight excluding hydrogens is 1110 g/mol. The molecule has 0 radical (unpaired) electrons. The number of aromatic nitrogens is 1. The molecule has 0 aliphatic carbocycles. The lowest BCUT2D eigenvalue weighted by Crippen LogP contribution is -2.71. The van der Waals surface area contributed by atoms with Gasteiger partial charge < -0.3 is 53.7 Å². The number of β-lactam (4-membered cyclic amide) rings is 1. The van der Waals surface area contributed by atoms with E-state index in [1.165, 1.54) is 29.2 Å². The Hall–Kier alpha value is -8.08. The Morgan fingerprint density at radius 3 is 1.79 bits per heavy atom. The van der Waals surface area contributed by atoms with Crippen LogP contribution in [0.4, 0.5) is 5.13 Å². The van der Waals surface area contributed by atoms with Gasteiger partial charge in [0.15, 0.2) is 42.0 Å². The largest absolute Gasteiger partial charge is 0.477 e. The minimum atomic E-state index is -1.73. The van der Waals surface area contributed by atoms with Gasteiger partial charge in [0.1, 0.15) is 28.3 Å². The fourth-order valence-electron chi connectivity index (χ4n) is 9.22. The van der Waals surface area contributed by atoms with Crippen molar-refractivity contribution < 1.29 is 62.3 Å². The number of carboxylic acid groups (broad SMARTS) is 1. The molecule has 2 aliphatic heterocycles. The number of carbonyl (C=O) groups is 4. The van der Waals surface area contributed by atoms with Crippen LogP contribution in [0.5, 0.6) is 11.5 Å². The van der Waals surface area contributed by atoms with Crippen LogP contribution in [0.3, 0.4) is 0 Å². The predicted octanol–water partition coefficient (Wildman–Crippen LogP) is 9.32. The van der Waals surface area contributed by atoms with Crippen LogP contribution in [-0.4, -0.2) is 122 Å². The van der Waals surface area contributed by atoms with Crippen molar-refractivity contribution in [2.24, 2.45) is 5.16 Å². The number of hydrogen-bond acceptors (Lipinski definition) is 17. The number of benzene rings is 6. The number of amides is 2. The summed E-state index contributed by atoms with van der Waals surface area (Å²) in [5.74, 6) is -3.41. The second kappa shape index (κ2) is 28.6. The lowest BCUT2D eigenvalue weighted by molar-refractivity contribution is -0.162. The van der Waals surface area contributed by atoms with Crippen LogP contribution < -0.4 is 20.1 Å². The number of alkyl halides is 1. The molecule has 18 nitrogen and oxygen atoms in total. The molecule has 0 saturated carbocycles. The molecule has 1 unspecified atom stereocenters. The van der Waals surface area contributed by atoms with Crippen molar-refractivity contribution in [2.75, 3.05) is 71.2 Å². The number of nitrogens with zero attached hydrogens (tertiary/aromatic N) is 3. The molecule has 7 aromatic rings. The summed E-state index contributed by atoms with van der Waals surface area (Å²) in [6.07, 6.45) is -2.67. The van der Waals surface area contributed by atoms with E-state index < -0.39 is 58.6 Å². The molecule has 82 heavy (non-hydrogen) atoms. The molecule has 0 spiro atoms. The molecule has 1 fully saturated rings. The van der Waals surface area contributed by atoms with Gasteiger partial charge in [-0.15, -0.1) is 34.7 Å². The lowest BCUT2D eigenvalue weighted by Gasteiger charge is -2.49. The van der Waals surface area contributed by atoms with Gasteiger partial charge in [0.05, 0.1) is 26.4 Å². The summed E-state index contributed by atoms with van der Waals surface area (Å²) in [6.45, 7) is 0.656. The Morgan fingerprint density at radius 1 is 0.732 bits per heavy atom. The van der Waals surface area contributed by atoms with Gasteiger partial charge in [-0.3, -0.25) is 14.5 Å². The molecule has 3 N–H and O–H groups in total. The number of esters is 1. The van der Waals surface area contributed by atoms with Gasteiger partial charge in [0.25, 0.3) is 11.8 Å². The van der Waals surface area contributed by atoms with Crippen LogP contribution in [0.15, 0.2) is 192 Å². The van der Waals surface area contributed by atoms with Gasteiger partial charge in [0, 0.05) is 36.8 Å². The third kappa shape index (κ3) is 13.6. The van der Waals surface area contributed by atoms with Crippen molar-refractivity contribution in [1.29, 1.82) is 0 Å². The minimum absolute atomic E-state index is 0.00317. The number of ether oxygens (including phenoxy) is 7. The molecule has 1 saturated heterocycles. The van der Waals surface area contributed by atoms with Crippen molar-refractivity contribution in [2.45, 2.75) is 29.2 Å². The number of thiazole rings is 1. The van der Waals surface area contributed by atoms with Gasteiger partial charge in [-0.1, -0.05) is 163 Å². The number of thioether (sulfide) groups is 1. The van der Waals surface area contributed by atoms with Crippen molar-refractivity contribution in [3.8, 4) is 11.5 Å². The molecule has 0 bridgehead atoms. The molecule has 1 aromatic heterocycles. The first-order chi connectivity index (χ1) is 40.1. The number of nitrogens with one attached hydrogen (secondary N) is 2. The van der Waals surface area contributed by atoms with E-state index in [2.05, 4.69) is 15.8 Å². The zero-order valence-electron chi connectivity index (χ0n) is 44.6. The number of oxime groups is 1. The number of aliphatic carboxylic acids is 1. The molecule has 3 atom stereocenters. The average Bonchev–Trinajstić information content (AvgIpc) is 2.75. The van der Waals surface area contributed by atoms with E-state index in [-0.39, 0.29) is 66.9 Å². The summed E-state index contributed by atoms with van der Waals surface area (Å²) in [7, 11) is 3.09. The summed E-state index contributed by atoms with van der Waals surface area (Å²) >= 11 is 8.57. The highest BCUT2D eigenvalue weighted by Gasteiger charge is 2.54. The van der Waals surface area contributed by atoms with Gasteiger partial charge in [-0.05, 0) is 45.5 Å². The van der Waals surface area contributed by atoms with Crippen LogP contribution in [0, 0.1) is 0 Å². The molecular formula is C61H58ClN5O13S2. The minimum Gasteiger partial charge on any atom is -0.477 e. The normalized spacial score (nSPS) is 15.5. The molecule has 9 rings (SSSR count). The molecule has 2 amide bonds. The topological polar surface area (TPSA) is 215 Å². The predicted molar refractivity (Wildman–Crippen MR) is 310 cm³/mol. The van der Waals surface area contributed by atoms with Crippen molar-refractivity contribution in [3.63, 3.8) is 0 Å². The summed E-state index contributed by atoms with van der Waals surface area (Å²) in [5, 5.41) is 22.3. The van der Waals surface area contributed by atoms with E-state index in [1.807, 2.05) is 152 Å². The number of methoxy groups -OCH3 is 2. The number of carbonyl (C=O) groups excluding carboxylic acids is 3. The number of hydrogen-bond donors (Lipinski definition) is 3. The first-order valence-corrected chi connectivity index (χ1v) is 28.4. The smallest absolute Gasteiger partial charge is 0.355 e.